The zero-order chi connectivity index (χ0) is 21.8. The van der Waals surface area contributed by atoms with E-state index in [1.807, 2.05) is 47.3 Å². The summed E-state index contributed by atoms with van der Waals surface area (Å²) in [4.78, 5) is 18.0. The lowest BCUT2D eigenvalue weighted by Crippen LogP contribution is -2.21. The third-order valence-corrected chi connectivity index (χ3v) is 5.35. The van der Waals surface area contributed by atoms with Crippen molar-refractivity contribution in [2.24, 2.45) is 4.99 Å². The van der Waals surface area contributed by atoms with Crippen LogP contribution in [0.15, 0.2) is 76.3 Å². The van der Waals surface area contributed by atoms with Gasteiger partial charge in [-0.15, -0.1) is 0 Å². The number of anilines is 1. The summed E-state index contributed by atoms with van der Waals surface area (Å²) in [7, 11) is 0. The van der Waals surface area contributed by atoms with Gasteiger partial charge in [-0.1, -0.05) is 18.2 Å². The van der Waals surface area contributed by atoms with E-state index < -0.39 is 5.97 Å². The summed E-state index contributed by atoms with van der Waals surface area (Å²) >= 11 is 0. The highest BCUT2D eigenvalue weighted by Gasteiger charge is 2.12. The van der Waals surface area contributed by atoms with Crippen molar-refractivity contribution in [3.63, 3.8) is 0 Å². The molecule has 2 heterocycles. The van der Waals surface area contributed by atoms with Gasteiger partial charge in [0, 0.05) is 47.7 Å². The Hall–Kier alpha value is -3.80. The highest BCUT2D eigenvalue weighted by atomic mass is 16.4. The third-order valence-electron chi connectivity index (χ3n) is 5.35. The van der Waals surface area contributed by atoms with E-state index in [1.54, 1.807) is 6.07 Å². The maximum atomic E-state index is 11.1. The molecule has 0 aliphatic carbocycles. The molecule has 0 aliphatic heterocycles. The smallest absolute Gasteiger partial charge is 0.371 e. The maximum absolute atomic E-state index is 11.1. The molecule has 1 N–H and O–H groups in total. The maximum Gasteiger partial charge on any atom is 0.371 e. The zero-order valence-corrected chi connectivity index (χ0v) is 17.7. The topological polar surface area (TPSA) is 71.0 Å². The molecule has 0 unspecified atom stereocenters. The van der Waals surface area contributed by atoms with Gasteiger partial charge in [0.05, 0.1) is 12.2 Å². The Morgan fingerprint density at radius 1 is 1.06 bits per heavy atom. The molecule has 6 nitrogen and oxygen atoms in total. The first kappa shape index (κ1) is 20.5. The Morgan fingerprint density at radius 3 is 2.48 bits per heavy atom. The fourth-order valence-corrected chi connectivity index (χ4v) is 3.74. The van der Waals surface area contributed by atoms with Gasteiger partial charge in [0.1, 0.15) is 5.76 Å². The van der Waals surface area contributed by atoms with Gasteiger partial charge in [-0.2, -0.15) is 0 Å². The molecule has 0 saturated carbocycles. The van der Waals surface area contributed by atoms with E-state index in [0.29, 0.717) is 12.3 Å². The number of aliphatic imine (C=N–C) groups is 1. The van der Waals surface area contributed by atoms with Crippen LogP contribution in [0.25, 0.3) is 10.9 Å². The van der Waals surface area contributed by atoms with E-state index in [4.69, 9.17) is 9.52 Å². The van der Waals surface area contributed by atoms with Crippen LogP contribution in [0.2, 0.25) is 0 Å². The first-order valence-electron chi connectivity index (χ1n) is 10.4. The van der Waals surface area contributed by atoms with Crippen LogP contribution in [0.3, 0.4) is 0 Å². The molecule has 4 rings (SSSR count). The minimum atomic E-state index is -1.07. The summed E-state index contributed by atoms with van der Waals surface area (Å²) < 4.78 is 7.47. The van der Waals surface area contributed by atoms with Crippen LogP contribution < -0.4 is 4.90 Å². The molecule has 2 aromatic carbocycles. The van der Waals surface area contributed by atoms with Gasteiger partial charge in [0.15, 0.2) is 0 Å². The van der Waals surface area contributed by atoms with E-state index >= 15 is 0 Å². The van der Waals surface area contributed by atoms with Gasteiger partial charge in [-0.25, -0.2) is 4.79 Å². The van der Waals surface area contributed by atoms with Crippen LogP contribution in [0, 0.1) is 0 Å². The van der Waals surface area contributed by atoms with Gasteiger partial charge >= 0.3 is 5.97 Å². The normalized spacial score (nSPS) is 11.4. The van der Waals surface area contributed by atoms with E-state index in [-0.39, 0.29) is 5.76 Å². The van der Waals surface area contributed by atoms with Crippen molar-refractivity contribution in [2.75, 3.05) is 18.0 Å². The number of benzene rings is 2. The number of hydrogen-bond donors (Lipinski definition) is 1. The molecule has 0 atom stereocenters. The van der Waals surface area contributed by atoms with Crippen LogP contribution >= 0.6 is 0 Å². The lowest BCUT2D eigenvalue weighted by molar-refractivity contribution is 0.0660. The molecule has 0 radical (unpaired) electrons. The molecule has 0 fully saturated rings. The number of rotatable bonds is 8. The fraction of sp³-hybridized carbons (Fsp3) is 0.200. The van der Waals surface area contributed by atoms with Crippen LogP contribution in [0.1, 0.15) is 35.7 Å². The number of aromatic carboxylic acids is 1. The Bertz CT molecular complexity index is 1210. The summed E-state index contributed by atoms with van der Waals surface area (Å²) in [6.45, 7) is 6.69. The quantitative estimate of drug-likeness (QED) is 0.382. The lowest BCUT2D eigenvalue weighted by atomic mass is 10.2. The standard InChI is InChI=1S/C25H25N3O3/c1-3-27(4-2)20-11-9-19(10-12-20)26-15-18-16-28(23-8-6-5-7-22(18)23)17-21-13-14-24(31-21)25(29)30/h5-16H,3-4,17H2,1-2H3,(H,29,30). The molecule has 158 valence electrons. The molecule has 31 heavy (non-hydrogen) atoms. The Labute approximate surface area is 181 Å². The van der Waals surface area contributed by atoms with Crippen molar-refractivity contribution >= 4 is 34.5 Å². The van der Waals surface area contributed by atoms with Gasteiger partial charge < -0.3 is 19.0 Å². The molecular weight excluding hydrogens is 390 g/mol. The molecule has 0 bridgehead atoms. The SMILES string of the molecule is CCN(CC)c1ccc(N=Cc2cn(Cc3ccc(C(=O)O)o3)c3ccccc23)cc1. The summed E-state index contributed by atoms with van der Waals surface area (Å²) in [6.07, 6.45) is 3.89. The predicted molar refractivity (Wildman–Crippen MR) is 124 cm³/mol. The highest BCUT2D eigenvalue weighted by Crippen LogP contribution is 2.24. The molecule has 0 spiro atoms. The van der Waals surface area contributed by atoms with Crippen molar-refractivity contribution in [2.45, 2.75) is 20.4 Å². The second-order valence-electron chi connectivity index (χ2n) is 7.25. The molecule has 0 aliphatic rings. The van der Waals surface area contributed by atoms with Crippen molar-refractivity contribution in [1.82, 2.24) is 4.57 Å². The number of para-hydroxylation sites is 1. The second-order valence-corrected chi connectivity index (χ2v) is 7.25. The monoisotopic (exact) mass is 415 g/mol. The van der Waals surface area contributed by atoms with E-state index in [9.17, 15) is 4.79 Å². The Balaban J connectivity index is 1.60. The predicted octanol–water partition coefficient (Wildman–Crippen LogP) is 5.58. The molecule has 0 saturated heterocycles. The number of aromatic nitrogens is 1. The molecular formula is C25H25N3O3. The van der Waals surface area contributed by atoms with Crippen LogP contribution in [-0.4, -0.2) is 34.9 Å². The first-order chi connectivity index (χ1) is 15.1. The zero-order valence-electron chi connectivity index (χ0n) is 17.7. The van der Waals surface area contributed by atoms with Crippen molar-refractivity contribution < 1.29 is 14.3 Å². The van der Waals surface area contributed by atoms with Gasteiger partial charge in [-0.3, -0.25) is 4.99 Å². The van der Waals surface area contributed by atoms with Gasteiger partial charge in [-0.05, 0) is 56.3 Å². The number of fused-ring (bicyclic) bond motifs is 1. The number of furan rings is 1. The number of carbonyl (C=O) groups is 1. The number of carboxylic acid groups (broad SMARTS) is 1. The number of nitrogens with zero attached hydrogens (tertiary/aromatic N) is 3. The van der Waals surface area contributed by atoms with Gasteiger partial charge in [0.25, 0.3) is 0 Å². The highest BCUT2D eigenvalue weighted by molar-refractivity contribution is 6.00. The molecule has 2 aromatic heterocycles. The summed E-state index contributed by atoms with van der Waals surface area (Å²) in [5.41, 5.74) is 4.12. The second kappa shape index (κ2) is 8.92. The van der Waals surface area contributed by atoms with Crippen molar-refractivity contribution in [3.05, 3.63) is 83.9 Å². The minimum Gasteiger partial charge on any atom is -0.475 e. The van der Waals surface area contributed by atoms with E-state index in [0.717, 1.165) is 35.2 Å². The first-order valence-corrected chi connectivity index (χ1v) is 10.4. The summed E-state index contributed by atoms with van der Waals surface area (Å²) in [5.74, 6) is -0.529. The largest absolute Gasteiger partial charge is 0.475 e. The number of carboxylic acids is 1. The summed E-state index contributed by atoms with van der Waals surface area (Å²) in [6, 6.07) is 19.5. The van der Waals surface area contributed by atoms with Crippen molar-refractivity contribution in [3.8, 4) is 0 Å². The van der Waals surface area contributed by atoms with Crippen LogP contribution in [-0.2, 0) is 6.54 Å². The Morgan fingerprint density at radius 2 is 1.81 bits per heavy atom. The average molecular weight is 415 g/mol. The van der Waals surface area contributed by atoms with Crippen molar-refractivity contribution in [1.29, 1.82) is 0 Å². The Kier molecular flexibility index (Phi) is 5.89. The molecule has 0 amide bonds. The summed E-state index contributed by atoms with van der Waals surface area (Å²) in [5, 5.41) is 10.2. The number of hydrogen-bond acceptors (Lipinski definition) is 4. The molecule has 4 aromatic rings. The minimum absolute atomic E-state index is 0.0543. The van der Waals surface area contributed by atoms with Gasteiger partial charge in [0.2, 0.25) is 5.76 Å². The third kappa shape index (κ3) is 4.38. The van der Waals surface area contributed by atoms with E-state index in [1.165, 1.54) is 11.8 Å². The lowest BCUT2D eigenvalue weighted by Gasteiger charge is -2.20. The van der Waals surface area contributed by atoms with Crippen LogP contribution in [0.5, 0.6) is 0 Å². The average Bonchev–Trinajstić information content (AvgIpc) is 3.40. The fourth-order valence-electron chi connectivity index (χ4n) is 3.74. The molecule has 6 heteroatoms. The van der Waals surface area contributed by atoms with Crippen LogP contribution in [0.4, 0.5) is 11.4 Å². The van der Waals surface area contributed by atoms with E-state index in [2.05, 4.69) is 41.9 Å².